The van der Waals surface area contributed by atoms with Gasteiger partial charge in [-0.3, -0.25) is 4.79 Å². The molecule has 0 radical (unpaired) electrons. The second kappa shape index (κ2) is 5.87. The number of ether oxygens (including phenoxy) is 2. The molecular formula is C14H20O4. The molecule has 1 N–H and O–H groups in total. The van der Waals surface area contributed by atoms with Crippen molar-refractivity contribution in [2.45, 2.75) is 38.9 Å². The van der Waals surface area contributed by atoms with E-state index in [9.17, 15) is 9.90 Å². The van der Waals surface area contributed by atoms with E-state index in [1.165, 1.54) is 0 Å². The molecule has 0 aliphatic heterocycles. The SMILES string of the molecule is COc1cccc([C@@H](O)CC(=O)OC(C)(C)C)c1. The smallest absolute Gasteiger partial charge is 0.309 e. The minimum atomic E-state index is -0.880. The van der Waals surface area contributed by atoms with Gasteiger partial charge in [-0.1, -0.05) is 12.1 Å². The summed E-state index contributed by atoms with van der Waals surface area (Å²) in [4.78, 5) is 11.6. The van der Waals surface area contributed by atoms with Gasteiger partial charge in [-0.05, 0) is 38.5 Å². The second-order valence-corrected chi connectivity index (χ2v) is 5.08. The Hall–Kier alpha value is -1.55. The average molecular weight is 252 g/mol. The van der Waals surface area contributed by atoms with Gasteiger partial charge in [0.15, 0.2) is 0 Å². The Kier molecular flexibility index (Phi) is 4.73. The van der Waals surface area contributed by atoms with Crippen molar-refractivity contribution in [3.8, 4) is 5.75 Å². The first-order chi connectivity index (χ1) is 8.31. The summed E-state index contributed by atoms with van der Waals surface area (Å²) < 4.78 is 10.2. The molecule has 4 nitrogen and oxygen atoms in total. The van der Waals surface area contributed by atoms with E-state index in [1.54, 1.807) is 52.1 Å². The molecule has 0 amide bonds. The van der Waals surface area contributed by atoms with E-state index in [4.69, 9.17) is 9.47 Å². The van der Waals surface area contributed by atoms with E-state index < -0.39 is 17.7 Å². The molecule has 1 aromatic carbocycles. The van der Waals surface area contributed by atoms with E-state index >= 15 is 0 Å². The minimum Gasteiger partial charge on any atom is -0.497 e. The summed E-state index contributed by atoms with van der Waals surface area (Å²) in [5, 5.41) is 9.95. The highest BCUT2D eigenvalue weighted by atomic mass is 16.6. The number of benzene rings is 1. The zero-order chi connectivity index (χ0) is 13.8. The first-order valence-corrected chi connectivity index (χ1v) is 5.85. The van der Waals surface area contributed by atoms with Crippen LogP contribution in [0.1, 0.15) is 38.9 Å². The van der Waals surface area contributed by atoms with E-state index in [-0.39, 0.29) is 6.42 Å². The third kappa shape index (κ3) is 4.75. The van der Waals surface area contributed by atoms with E-state index in [0.29, 0.717) is 11.3 Å². The molecule has 0 bridgehead atoms. The molecule has 1 aromatic rings. The van der Waals surface area contributed by atoms with Crippen LogP contribution in [0.4, 0.5) is 0 Å². The van der Waals surface area contributed by atoms with Gasteiger partial charge in [0.1, 0.15) is 11.4 Å². The third-order valence-electron chi connectivity index (χ3n) is 2.26. The summed E-state index contributed by atoms with van der Waals surface area (Å²) >= 11 is 0. The lowest BCUT2D eigenvalue weighted by Gasteiger charge is -2.20. The standard InChI is InChI=1S/C14H20O4/c1-14(2,3)18-13(16)9-12(15)10-6-5-7-11(8-10)17-4/h5-8,12,15H,9H2,1-4H3/t12-/m0/s1. The molecule has 0 aromatic heterocycles. The third-order valence-corrected chi connectivity index (χ3v) is 2.26. The highest BCUT2D eigenvalue weighted by molar-refractivity contribution is 5.70. The van der Waals surface area contributed by atoms with Gasteiger partial charge in [0.05, 0.1) is 19.6 Å². The second-order valence-electron chi connectivity index (χ2n) is 5.08. The van der Waals surface area contributed by atoms with Crippen molar-refractivity contribution in [2.24, 2.45) is 0 Å². The number of rotatable bonds is 4. The fourth-order valence-corrected chi connectivity index (χ4v) is 1.51. The van der Waals surface area contributed by atoms with Gasteiger partial charge in [0.25, 0.3) is 0 Å². The summed E-state index contributed by atoms with van der Waals surface area (Å²) in [5.74, 6) is 0.230. The number of aliphatic hydroxyl groups excluding tert-OH is 1. The van der Waals surface area contributed by atoms with Gasteiger partial charge in [0.2, 0.25) is 0 Å². The average Bonchev–Trinajstić information content (AvgIpc) is 2.26. The quantitative estimate of drug-likeness (QED) is 0.836. The normalized spacial score (nSPS) is 12.9. The molecule has 0 heterocycles. The molecule has 100 valence electrons. The van der Waals surface area contributed by atoms with Crippen LogP contribution < -0.4 is 4.74 Å². The first-order valence-electron chi connectivity index (χ1n) is 5.85. The first kappa shape index (κ1) is 14.5. The maximum atomic E-state index is 11.6. The topological polar surface area (TPSA) is 55.8 Å². The minimum absolute atomic E-state index is 0.0650. The number of carbonyl (C=O) groups is 1. The van der Waals surface area contributed by atoms with E-state index in [2.05, 4.69) is 0 Å². The van der Waals surface area contributed by atoms with Crippen LogP contribution in [-0.4, -0.2) is 23.8 Å². The van der Waals surface area contributed by atoms with Gasteiger partial charge in [0, 0.05) is 0 Å². The molecule has 1 rings (SSSR count). The fourth-order valence-electron chi connectivity index (χ4n) is 1.51. The number of hydrogen-bond acceptors (Lipinski definition) is 4. The van der Waals surface area contributed by atoms with Crippen LogP contribution in [0.5, 0.6) is 5.75 Å². The van der Waals surface area contributed by atoms with Crippen LogP contribution in [-0.2, 0) is 9.53 Å². The number of esters is 1. The lowest BCUT2D eigenvalue weighted by molar-refractivity contribution is -0.157. The van der Waals surface area contributed by atoms with Crippen LogP contribution >= 0.6 is 0 Å². The molecular weight excluding hydrogens is 232 g/mol. The summed E-state index contributed by atoms with van der Waals surface area (Å²) in [5.41, 5.74) is 0.103. The Labute approximate surface area is 108 Å². The molecule has 0 saturated carbocycles. The van der Waals surface area contributed by atoms with Crippen molar-refractivity contribution >= 4 is 5.97 Å². The number of hydrogen-bond donors (Lipinski definition) is 1. The van der Waals surface area contributed by atoms with Crippen molar-refractivity contribution in [1.29, 1.82) is 0 Å². The molecule has 18 heavy (non-hydrogen) atoms. The van der Waals surface area contributed by atoms with Crippen LogP contribution in [0.2, 0.25) is 0 Å². The molecule has 1 atom stereocenters. The zero-order valence-electron chi connectivity index (χ0n) is 11.3. The van der Waals surface area contributed by atoms with E-state index in [1.807, 2.05) is 0 Å². The fraction of sp³-hybridized carbons (Fsp3) is 0.500. The van der Waals surface area contributed by atoms with Gasteiger partial charge in [-0.2, -0.15) is 0 Å². The van der Waals surface area contributed by atoms with Gasteiger partial charge in [-0.25, -0.2) is 0 Å². The summed E-state index contributed by atoms with van der Waals surface area (Å²) in [6, 6.07) is 7.00. The van der Waals surface area contributed by atoms with Gasteiger partial charge < -0.3 is 14.6 Å². The number of aliphatic hydroxyl groups is 1. The Bertz CT molecular complexity index is 407. The van der Waals surface area contributed by atoms with Crippen LogP contribution in [0, 0.1) is 0 Å². The Morgan fingerprint density at radius 1 is 1.39 bits per heavy atom. The zero-order valence-corrected chi connectivity index (χ0v) is 11.3. The Morgan fingerprint density at radius 2 is 2.06 bits per heavy atom. The van der Waals surface area contributed by atoms with Crippen molar-refractivity contribution in [3.05, 3.63) is 29.8 Å². The predicted octanol–water partition coefficient (Wildman–Crippen LogP) is 2.46. The van der Waals surface area contributed by atoms with Crippen LogP contribution in [0.3, 0.4) is 0 Å². The molecule has 0 spiro atoms. The molecule has 0 saturated heterocycles. The summed E-state index contributed by atoms with van der Waals surface area (Å²) in [7, 11) is 1.55. The van der Waals surface area contributed by atoms with Crippen LogP contribution in [0.15, 0.2) is 24.3 Å². The molecule has 4 heteroatoms. The van der Waals surface area contributed by atoms with Crippen molar-refractivity contribution in [3.63, 3.8) is 0 Å². The lowest BCUT2D eigenvalue weighted by atomic mass is 10.1. The highest BCUT2D eigenvalue weighted by Gasteiger charge is 2.20. The predicted molar refractivity (Wildman–Crippen MR) is 68.4 cm³/mol. The highest BCUT2D eigenvalue weighted by Crippen LogP contribution is 2.22. The maximum absolute atomic E-state index is 11.6. The maximum Gasteiger partial charge on any atom is 0.309 e. The molecule has 0 aliphatic rings. The lowest BCUT2D eigenvalue weighted by Crippen LogP contribution is -2.24. The van der Waals surface area contributed by atoms with Gasteiger partial charge >= 0.3 is 5.97 Å². The monoisotopic (exact) mass is 252 g/mol. The molecule has 0 fully saturated rings. The molecule has 0 unspecified atom stereocenters. The van der Waals surface area contributed by atoms with E-state index in [0.717, 1.165) is 0 Å². The van der Waals surface area contributed by atoms with Crippen molar-refractivity contribution in [2.75, 3.05) is 7.11 Å². The Morgan fingerprint density at radius 3 is 2.61 bits per heavy atom. The summed E-state index contributed by atoms with van der Waals surface area (Å²) in [6.45, 7) is 5.38. The van der Waals surface area contributed by atoms with Crippen molar-refractivity contribution in [1.82, 2.24) is 0 Å². The number of methoxy groups -OCH3 is 1. The Balaban J connectivity index is 2.64. The van der Waals surface area contributed by atoms with Crippen molar-refractivity contribution < 1.29 is 19.4 Å². The van der Waals surface area contributed by atoms with Crippen LogP contribution in [0.25, 0.3) is 0 Å². The molecule has 0 aliphatic carbocycles. The summed E-state index contributed by atoms with van der Waals surface area (Å²) in [6.07, 6.45) is -0.945. The number of carbonyl (C=O) groups excluding carboxylic acids is 1. The largest absolute Gasteiger partial charge is 0.497 e. The van der Waals surface area contributed by atoms with Gasteiger partial charge in [-0.15, -0.1) is 0 Å².